The number of rotatable bonds is 2. The van der Waals surface area contributed by atoms with Gasteiger partial charge in [-0.05, 0) is 19.4 Å². The molecule has 1 atom stereocenters. The van der Waals surface area contributed by atoms with Crippen LogP contribution in [0.5, 0.6) is 0 Å². The van der Waals surface area contributed by atoms with E-state index in [0.717, 1.165) is 18.0 Å². The Balaban J connectivity index is 2.35. The summed E-state index contributed by atoms with van der Waals surface area (Å²) in [6.45, 7) is 7.02. The molecular formula is C13H20N2O2S. The van der Waals surface area contributed by atoms with Crippen molar-refractivity contribution in [2.75, 3.05) is 6.54 Å². The second-order valence-corrected chi connectivity index (χ2v) is 6.82. The zero-order valence-electron chi connectivity index (χ0n) is 11.1. The summed E-state index contributed by atoms with van der Waals surface area (Å²) >= 11 is 1.33. The van der Waals surface area contributed by atoms with Crippen molar-refractivity contribution >= 4 is 17.3 Å². The van der Waals surface area contributed by atoms with Crippen LogP contribution in [0.3, 0.4) is 0 Å². The summed E-state index contributed by atoms with van der Waals surface area (Å²) in [6.07, 6.45) is 3.43. The largest absolute Gasteiger partial charge is 0.477 e. The number of aromatic nitrogens is 1. The van der Waals surface area contributed by atoms with Crippen molar-refractivity contribution in [3.8, 4) is 0 Å². The molecule has 2 N–H and O–H groups in total. The van der Waals surface area contributed by atoms with Gasteiger partial charge in [0.25, 0.3) is 0 Å². The summed E-state index contributed by atoms with van der Waals surface area (Å²) in [5.41, 5.74) is 0.485. The van der Waals surface area contributed by atoms with Gasteiger partial charge in [-0.3, -0.25) is 0 Å². The number of carboxylic acids is 1. The predicted octanol–water partition coefficient (Wildman–Crippen LogP) is 2.95. The van der Waals surface area contributed by atoms with E-state index in [4.69, 9.17) is 0 Å². The first-order chi connectivity index (χ1) is 8.39. The first kappa shape index (κ1) is 13.5. The predicted molar refractivity (Wildman–Crippen MR) is 72.4 cm³/mol. The molecule has 1 aromatic heterocycles. The minimum atomic E-state index is -0.862. The number of aromatic carboxylic acids is 1. The molecule has 1 unspecified atom stereocenters. The van der Waals surface area contributed by atoms with E-state index in [1.807, 2.05) is 20.8 Å². The van der Waals surface area contributed by atoms with E-state index >= 15 is 0 Å². The van der Waals surface area contributed by atoms with E-state index in [2.05, 4.69) is 10.3 Å². The van der Waals surface area contributed by atoms with E-state index in [1.165, 1.54) is 24.2 Å². The van der Waals surface area contributed by atoms with Gasteiger partial charge in [0.15, 0.2) is 0 Å². The molecule has 1 aliphatic rings. The Morgan fingerprint density at radius 3 is 2.61 bits per heavy atom. The Morgan fingerprint density at radius 1 is 1.44 bits per heavy atom. The number of carboxylic acid groups (broad SMARTS) is 1. The van der Waals surface area contributed by atoms with Crippen molar-refractivity contribution in [2.24, 2.45) is 0 Å². The molecule has 0 bridgehead atoms. The highest BCUT2D eigenvalue weighted by Crippen LogP contribution is 2.34. The highest BCUT2D eigenvalue weighted by Gasteiger charge is 2.29. The third kappa shape index (κ3) is 2.72. The van der Waals surface area contributed by atoms with Crippen LogP contribution in [0.4, 0.5) is 0 Å². The van der Waals surface area contributed by atoms with Gasteiger partial charge in [0, 0.05) is 5.41 Å². The lowest BCUT2D eigenvalue weighted by atomic mass is 9.91. The lowest BCUT2D eigenvalue weighted by Crippen LogP contribution is -2.26. The highest BCUT2D eigenvalue weighted by atomic mass is 32.1. The maximum atomic E-state index is 11.3. The summed E-state index contributed by atoms with van der Waals surface area (Å²) in [7, 11) is 0. The molecular weight excluding hydrogens is 248 g/mol. The Bertz CT molecular complexity index is 442. The van der Waals surface area contributed by atoms with Crippen LogP contribution < -0.4 is 5.32 Å². The van der Waals surface area contributed by atoms with Gasteiger partial charge < -0.3 is 10.4 Å². The van der Waals surface area contributed by atoms with Crippen molar-refractivity contribution in [1.82, 2.24) is 10.3 Å². The molecule has 1 fully saturated rings. The number of thiazole rings is 1. The number of carbonyl (C=O) groups is 1. The number of hydrogen-bond donors (Lipinski definition) is 2. The molecule has 5 heteroatoms. The number of nitrogens with one attached hydrogen (secondary N) is 1. The van der Waals surface area contributed by atoms with Crippen molar-refractivity contribution in [3.63, 3.8) is 0 Å². The van der Waals surface area contributed by atoms with Crippen LogP contribution in [-0.2, 0) is 5.41 Å². The third-order valence-corrected chi connectivity index (χ3v) is 4.31. The highest BCUT2D eigenvalue weighted by molar-refractivity contribution is 7.13. The maximum Gasteiger partial charge on any atom is 0.347 e. The number of nitrogens with zero attached hydrogens (tertiary/aromatic N) is 1. The standard InChI is InChI=1S/C13H20N2O2S/c1-13(2,3)10-9(12(16)17)18-11(15-10)8-6-4-5-7-14-8/h8,14H,4-7H2,1-3H3,(H,16,17). The second kappa shape index (κ2) is 4.97. The summed E-state index contributed by atoms with van der Waals surface area (Å²) < 4.78 is 0. The van der Waals surface area contributed by atoms with Crippen molar-refractivity contribution in [3.05, 3.63) is 15.6 Å². The first-order valence-corrected chi connectivity index (χ1v) is 7.19. The molecule has 0 radical (unpaired) electrons. The molecule has 1 aromatic rings. The molecule has 100 valence electrons. The Kier molecular flexibility index (Phi) is 3.73. The van der Waals surface area contributed by atoms with Crippen molar-refractivity contribution in [1.29, 1.82) is 0 Å². The van der Waals surface area contributed by atoms with Crippen LogP contribution in [0.25, 0.3) is 0 Å². The average molecular weight is 268 g/mol. The minimum Gasteiger partial charge on any atom is -0.477 e. The quantitative estimate of drug-likeness (QED) is 0.865. The second-order valence-electron chi connectivity index (χ2n) is 5.79. The van der Waals surface area contributed by atoms with Gasteiger partial charge in [0.2, 0.25) is 0 Å². The molecule has 0 aliphatic carbocycles. The smallest absolute Gasteiger partial charge is 0.347 e. The molecule has 0 aromatic carbocycles. The molecule has 2 rings (SSSR count). The molecule has 0 amide bonds. The Morgan fingerprint density at radius 2 is 2.17 bits per heavy atom. The van der Waals surface area contributed by atoms with E-state index in [9.17, 15) is 9.90 Å². The Hall–Kier alpha value is -0.940. The maximum absolute atomic E-state index is 11.3. The van der Waals surface area contributed by atoms with Crippen LogP contribution in [0, 0.1) is 0 Å². The van der Waals surface area contributed by atoms with E-state index in [1.54, 1.807) is 0 Å². The summed E-state index contributed by atoms with van der Waals surface area (Å²) in [6, 6.07) is 0.234. The van der Waals surface area contributed by atoms with E-state index < -0.39 is 5.97 Å². The molecule has 0 saturated carbocycles. The molecule has 1 aliphatic heterocycles. The zero-order valence-corrected chi connectivity index (χ0v) is 11.9. The lowest BCUT2D eigenvalue weighted by Gasteiger charge is -2.21. The topological polar surface area (TPSA) is 62.2 Å². The van der Waals surface area contributed by atoms with Crippen LogP contribution in [0.1, 0.15) is 66.4 Å². The lowest BCUT2D eigenvalue weighted by molar-refractivity contribution is 0.0699. The van der Waals surface area contributed by atoms with Crippen LogP contribution >= 0.6 is 11.3 Å². The fraction of sp³-hybridized carbons (Fsp3) is 0.692. The van der Waals surface area contributed by atoms with Gasteiger partial charge in [-0.25, -0.2) is 9.78 Å². The van der Waals surface area contributed by atoms with E-state index in [-0.39, 0.29) is 11.5 Å². The fourth-order valence-electron chi connectivity index (χ4n) is 2.20. The van der Waals surface area contributed by atoms with Crippen molar-refractivity contribution < 1.29 is 9.90 Å². The van der Waals surface area contributed by atoms with Gasteiger partial charge in [-0.1, -0.05) is 27.2 Å². The summed E-state index contributed by atoms with van der Waals surface area (Å²) in [4.78, 5) is 16.3. The fourth-order valence-corrected chi connectivity index (χ4v) is 3.43. The monoisotopic (exact) mass is 268 g/mol. The first-order valence-electron chi connectivity index (χ1n) is 6.37. The average Bonchev–Trinajstić information content (AvgIpc) is 2.74. The molecule has 2 heterocycles. The van der Waals surface area contributed by atoms with Gasteiger partial charge >= 0.3 is 5.97 Å². The van der Waals surface area contributed by atoms with Crippen LogP contribution in [0.15, 0.2) is 0 Å². The minimum absolute atomic E-state index is 0.225. The molecule has 4 nitrogen and oxygen atoms in total. The van der Waals surface area contributed by atoms with E-state index in [0.29, 0.717) is 10.6 Å². The van der Waals surface area contributed by atoms with Crippen LogP contribution in [-0.4, -0.2) is 22.6 Å². The third-order valence-electron chi connectivity index (χ3n) is 3.16. The van der Waals surface area contributed by atoms with Gasteiger partial charge in [-0.15, -0.1) is 11.3 Å². The normalized spacial score (nSPS) is 20.9. The van der Waals surface area contributed by atoms with Gasteiger partial charge in [0.05, 0.1) is 11.7 Å². The number of piperidine rings is 1. The Labute approximate surface area is 111 Å². The molecule has 18 heavy (non-hydrogen) atoms. The van der Waals surface area contributed by atoms with Crippen LogP contribution in [0.2, 0.25) is 0 Å². The number of hydrogen-bond acceptors (Lipinski definition) is 4. The molecule has 1 saturated heterocycles. The zero-order chi connectivity index (χ0) is 13.3. The summed E-state index contributed by atoms with van der Waals surface area (Å²) in [5, 5.41) is 13.6. The van der Waals surface area contributed by atoms with Crippen molar-refractivity contribution in [2.45, 2.75) is 51.5 Å². The van der Waals surface area contributed by atoms with Gasteiger partial charge in [-0.2, -0.15) is 0 Å². The summed E-state index contributed by atoms with van der Waals surface area (Å²) in [5.74, 6) is -0.862. The molecule has 0 spiro atoms. The SMILES string of the molecule is CC(C)(C)c1nc(C2CCCCN2)sc1C(=O)O. The van der Waals surface area contributed by atoms with Gasteiger partial charge in [0.1, 0.15) is 9.88 Å².